The predicted octanol–water partition coefficient (Wildman–Crippen LogP) is 2.70. The molecule has 0 radical (unpaired) electrons. The average molecular weight is 404 g/mol. The average Bonchev–Trinajstić information content (AvgIpc) is 3.00. The summed E-state index contributed by atoms with van der Waals surface area (Å²) >= 11 is 0. The van der Waals surface area contributed by atoms with E-state index in [-0.39, 0.29) is 25.1 Å². The number of nitrogens with zero attached hydrogens (tertiary/aromatic N) is 1. The summed E-state index contributed by atoms with van der Waals surface area (Å²) in [5.74, 6) is -0.177. The minimum atomic E-state index is -0.685. The van der Waals surface area contributed by atoms with Crippen LogP contribution >= 0.6 is 0 Å². The molecule has 1 aliphatic rings. The van der Waals surface area contributed by atoms with Gasteiger partial charge in [-0.1, -0.05) is 58.0 Å². The Balaban J connectivity index is 1.86. The van der Waals surface area contributed by atoms with Crippen molar-refractivity contribution in [3.05, 3.63) is 35.9 Å². The highest BCUT2D eigenvalue weighted by Crippen LogP contribution is 2.27. The number of nitrogens with one attached hydrogen (secondary N) is 2. The van der Waals surface area contributed by atoms with Crippen molar-refractivity contribution in [1.29, 1.82) is 0 Å². The Morgan fingerprint density at radius 1 is 1.17 bits per heavy atom. The molecule has 3 amide bonds. The van der Waals surface area contributed by atoms with E-state index in [2.05, 4.69) is 17.6 Å². The van der Waals surface area contributed by atoms with Crippen molar-refractivity contribution in [2.75, 3.05) is 13.1 Å². The van der Waals surface area contributed by atoms with Crippen molar-refractivity contribution >= 4 is 17.9 Å². The zero-order chi connectivity index (χ0) is 21.6. The molecule has 29 heavy (non-hydrogen) atoms. The molecule has 2 rings (SSSR count). The van der Waals surface area contributed by atoms with E-state index in [1.165, 1.54) is 0 Å². The van der Waals surface area contributed by atoms with Crippen LogP contribution in [0.4, 0.5) is 4.79 Å². The fourth-order valence-electron chi connectivity index (χ4n) is 3.55. The summed E-state index contributed by atoms with van der Waals surface area (Å²) in [6.45, 7) is 10.5. The van der Waals surface area contributed by atoms with E-state index in [4.69, 9.17) is 4.74 Å². The molecule has 7 heteroatoms. The molecule has 1 aromatic carbocycles. The number of rotatable bonds is 6. The van der Waals surface area contributed by atoms with Crippen molar-refractivity contribution in [3.8, 4) is 0 Å². The fourth-order valence-corrected chi connectivity index (χ4v) is 3.55. The lowest BCUT2D eigenvalue weighted by molar-refractivity contribution is -0.143. The van der Waals surface area contributed by atoms with Crippen LogP contribution in [0.25, 0.3) is 0 Å². The third-order valence-corrected chi connectivity index (χ3v) is 5.09. The van der Waals surface area contributed by atoms with Crippen molar-refractivity contribution in [1.82, 2.24) is 15.5 Å². The fraction of sp³-hybridized carbons (Fsp3) is 0.591. The van der Waals surface area contributed by atoms with Crippen LogP contribution in [0.1, 0.15) is 46.6 Å². The zero-order valence-corrected chi connectivity index (χ0v) is 18.0. The van der Waals surface area contributed by atoms with Gasteiger partial charge in [0.2, 0.25) is 5.91 Å². The molecule has 160 valence electrons. The molecule has 0 saturated carbocycles. The van der Waals surface area contributed by atoms with Crippen LogP contribution < -0.4 is 10.6 Å². The standard InChI is InChI=1S/C22H33N3O4/c1-15-11-16(2)25(13-15)20(27)19(22(3,4)5)24-21(28)23-12-18(26)29-14-17-9-7-6-8-10-17/h6-10,15-16,19H,11-14H2,1-5H3,(H2,23,24,28). The number of hydrogen-bond donors (Lipinski definition) is 2. The van der Waals surface area contributed by atoms with Gasteiger partial charge in [0.15, 0.2) is 0 Å². The first-order valence-electron chi connectivity index (χ1n) is 10.1. The van der Waals surface area contributed by atoms with Gasteiger partial charge in [-0.3, -0.25) is 9.59 Å². The maximum Gasteiger partial charge on any atom is 0.325 e. The Kier molecular flexibility index (Phi) is 7.65. The van der Waals surface area contributed by atoms with Gasteiger partial charge in [0, 0.05) is 12.6 Å². The molecular formula is C22H33N3O4. The summed E-state index contributed by atoms with van der Waals surface area (Å²) in [6, 6.07) is 8.22. The normalized spacial score (nSPS) is 20.1. The molecular weight excluding hydrogens is 370 g/mol. The second kappa shape index (κ2) is 9.76. The van der Waals surface area contributed by atoms with Gasteiger partial charge in [-0.2, -0.15) is 0 Å². The Morgan fingerprint density at radius 2 is 1.83 bits per heavy atom. The number of ether oxygens (including phenoxy) is 1. The van der Waals surface area contributed by atoms with Crippen molar-refractivity contribution < 1.29 is 19.1 Å². The molecule has 3 unspecified atom stereocenters. The lowest BCUT2D eigenvalue weighted by Gasteiger charge is -2.35. The minimum Gasteiger partial charge on any atom is -0.460 e. The van der Waals surface area contributed by atoms with Gasteiger partial charge in [0.05, 0.1) is 0 Å². The highest BCUT2D eigenvalue weighted by molar-refractivity contribution is 5.89. The molecule has 1 fully saturated rings. The van der Waals surface area contributed by atoms with E-state index in [0.29, 0.717) is 12.5 Å². The summed E-state index contributed by atoms with van der Waals surface area (Å²) in [4.78, 5) is 39.1. The van der Waals surface area contributed by atoms with Gasteiger partial charge in [-0.15, -0.1) is 0 Å². The lowest BCUT2D eigenvalue weighted by atomic mass is 9.85. The van der Waals surface area contributed by atoms with E-state index in [1.807, 2.05) is 62.9 Å². The van der Waals surface area contributed by atoms with E-state index >= 15 is 0 Å². The summed E-state index contributed by atoms with van der Waals surface area (Å²) in [7, 11) is 0. The van der Waals surface area contributed by atoms with Crippen LogP contribution in [0.2, 0.25) is 0 Å². The molecule has 0 bridgehead atoms. The number of likely N-dealkylation sites (tertiary alicyclic amines) is 1. The Labute approximate surface area is 173 Å². The summed E-state index contributed by atoms with van der Waals surface area (Å²) in [5, 5.41) is 5.24. The maximum atomic E-state index is 13.1. The number of carbonyl (C=O) groups is 3. The van der Waals surface area contributed by atoms with Crippen molar-refractivity contribution in [2.45, 2.75) is 59.7 Å². The van der Waals surface area contributed by atoms with Gasteiger partial charge in [0.25, 0.3) is 0 Å². The van der Waals surface area contributed by atoms with Gasteiger partial charge in [-0.05, 0) is 30.2 Å². The summed E-state index contributed by atoms with van der Waals surface area (Å²) < 4.78 is 5.15. The van der Waals surface area contributed by atoms with Crippen LogP contribution in [0, 0.1) is 11.3 Å². The molecule has 3 atom stereocenters. The van der Waals surface area contributed by atoms with Gasteiger partial charge >= 0.3 is 12.0 Å². The molecule has 1 aromatic rings. The van der Waals surface area contributed by atoms with Crippen LogP contribution in [0.3, 0.4) is 0 Å². The largest absolute Gasteiger partial charge is 0.460 e. The van der Waals surface area contributed by atoms with E-state index in [0.717, 1.165) is 12.0 Å². The van der Waals surface area contributed by atoms with Crippen molar-refractivity contribution in [3.63, 3.8) is 0 Å². The highest BCUT2D eigenvalue weighted by Gasteiger charge is 2.40. The third kappa shape index (κ3) is 6.76. The smallest absolute Gasteiger partial charge is 0.325 e. The SMILES string of the molecule is CC1CC(C)N(C(=O)C(NC(=O)NCC(=O)OCc2ccccc2)C(C)(C)C)C1. The van der Waals surface area contributed by atoms with E-state index in [1.54, 1.807) is 0 Å². The maximum absolute atomic E-state index is 13.1. The molecule has 0 aliphatic carbocycles. The molecule has 2 N–H and O–H groups in total. The van der Waals surface area contributed by atoms with Crippen LogP contribution in [0.5, 0.6) is 0 Å². The molecule has 1 aliphatic heterocycles. The molecule has 1 saturated heterocycles. The van der Waals surface area contributed by atoms with Crippen LogP contribution in [0.15, 0.2) is 30.3 Å². The number of carbonyl (C=O) groups excluding carboxylic acids is 3. The van der Waals surface area contributed by atoms with Gasteiger partial charge in [0.1, 0.15) is 19.2 Å². The first-order chi connectivity index (χ1) is 13.6. The molecule has 0 spiro atoms. The van der Waals surface area contributed by atoms with Gasteiger partial charge < -0.3 is 20.3 Å². The Hall–Kier alpha value is -2.57. The van der Waals surface area contributed by atoms with E-state index < -0.39 is 23.5 Å². The van der Waals surface area contributed by atoms with E-state index in [9.17, 15) is 14.4 Å². The number of hydrogen-bond acceptors (Lipinski definition) is 4. The third-order valence-electron chi connectivity index (χ3n) is 5.09. The first-order valence-corrected chi connectivity index (χ1v) is 10.1. The van der Waals surface area contributed by atoms with Crippen LogP contribution in [-0.2, 0) is 20.9 Å². The Morgan fingerprint density at radius 3 is 2.38 bits per heavy atom. The second-order valence-corrected chi connectivity index (χ2v) is 8.95. The predicted molar refractivity (Wildman–Crippen MR) is 111 cm³/mol. The summed E-state index contributed by atoms with van der Waals surface area (Å²) in [6.07, 6.45) is 0.960. The highest BCUT2D eigenvalue weighted by atomic mass is 16.5. The second-order valence-electron chi connectivity index (χ2n) is 8.95. The topological polar surface area (TPSA) is 87.7 Å². The lowest BCUT2D eigenvalue weighted by Crippen LogP contribution is -2.57. The number of amides is 3. The number of benzene rings is 1. The number of urea groups is 1. The van der Waals surface area contributed by atoms with Crippen LogP contribution in [-0.4, -0.2) is 48.0 Å². The monoisotopic (exact) mass is 403 g/mol. The van der Waals surface area contributed by atoms with Crippen molar-refractivity contribution in [2.24, 2.45) is 11.3 Å². The quantitative estimate of drug-likeness (QED) is 0.715. The zero-order valence-electron chi connectivity index (χ0n) is 18.0. The van der Waals surface area contributed by atoms with Gasteiger partial charge in [-0.25, -0.2) is 4.79 Å². The summed E-state index contributed by atoms with van der Waals surface area (Å²) in [5.41, 5.74) is 0.408. The minimum absolute atomic E-state index is 0.0869. The first kappa shape index (κ1) is 22.7. The Bertz CT molecular complexity index is 715. The molecule has 0 aromatic heterocycles. The number of esters is 1. The molecule has 7 nitrogen and oxygen atoms in total. The molecule has 1 heterocycles.